The molecule has 41 heavy (non-hydrogen) atoms. The fraction of sp³-hybridized carbons (Fsp3) is 0.237. The summed E-state index contributed by atoms with van der Waals surface area (Å²) in [5, 5.41) is 0. The van der Waals surface area contributed by atoms with Gasteiger partial charge in [0.1, 0.15) is 0 Å². The molecule has 0 radical (unpaired) electrons. The molecule has 0 heterocycles. The Morgan fingerprint density at radius 2 is 1.29 bits per heavy atom. The molecule has 3 heteroatoms. The fourth-order valence-electron chi connectivity index (χ4n) is 5.37. The number of rotatable bonds is 4. The zero-order valence-electron chi connectivity index (χ0n) is 23.5. The van der Waals surface area contributed by atoms with Gasteiger partial charge >= 0.3 is 59.5 Å². The van der Waals surface area contributed by atoms with Crippen LogP contribution in [0.5, 0.6) is 0 Å². The molecule has 0 N–H and O–H groups in total. The van der Waals surface area contributed by atoms with Crippen LogP contribution in [-0.4, -0.2) is 3.21 Å². The first-order valence-corrected chi connectivity index (χ1v) is 15.5. The van der Waals surface area contributed by atoms with Crippen LogP contribution < -0.4 is 24.8 Å². The van der Waals surface area contributed by atoms with Crippen molar-refractivity contribution >= 4 is 3.21 Å². The van der Waals surface area contributed by atoms with Gasteiger partial charge in [0.15, 0.2) is 0 Å². The number of fused-ring (bicyclic) bond motifs is 3. The van der Waals surface area contributed by atoms with Gasteiger partial charge in [0, 0.05) is 0 Å². The molecule has 1 fully saturated rings. The Hall–Kier alpha value is -2.31. The molecule has 4 aromatic carbocycles. The SMILES string of the molecule is [C-]1=CC=CC1.[Cl-].[Cl-].[Zr+2]=[C]1CCCCC1.[c-]1cc(Cc2ccccc2)cc2c1Cc1ccc(Cc3ccccc3)cc1-2. The number of hydrogen-bond donors (Lipinski definition) is 0. The predicted octanol–water partition coefficient (Wildman–Crippen LogP) is 3.22. The molecule has 0 nitrogen and oxygen atoms in total. The molecule has 1 saturated carbocycles. The van der Waals surface area contributed by atoms with Gasteiger partial charge in [0.2, 0.25) is 0 Å². The summed E-state index contributed by atoms with van der Waals surface area (Å²) in [7, 11) is 0. The summed E-state index contributed by atoms with van der Waals surface area (Å²) in [4.78, 5) is 0. The molecule has 3 aliphatic rings. The van der Waals surface area contributed by atoms with Crippen LogP contribution in [0.3, 0.4) is 0 Å². The van der Waals surface area contributed by atoms with Crippen LogP contribution in [0.4, 0.5) is 0 Å². The van der Waals surface area contributed by atoms with Crippen molar-refractivity contribution in [2.75, 3.05) is 0 Å². The van der Waals surface area contributed by atoms with Gasteiger partial charge in [-0.05, 0) is 30.4 Å². The molecular formula is C38H36Cl2Zr-2. The third kappa shape index (κ3) is 10.2. The van der Waals surface area contributed by atoms with Crippen molar-refractivity contribution in [2.24, 2.45) is 0 Å². The second kappa shape index (κ2) is 17.6. The van der Waals surface area contributed by atoms with E-state index < -0.39 is 0 Å². The minimum absolute atomic E-state index is 0. The van der Waals surface area contributed by atoms with Gasteiger partial charge in [-0.1, -0.05) is 95.6 Å². The molecule has 3 aliphatic carbocycles. The van der Waals surface area contributed by atoms with Crippen LogP contribution in [0.2, 0.25) is 0 Å². The summed E-state index contributed by atoms with van der Waals surface area (Å²) in [6.45, 7) is 0. The molecule has 0 aliphatic heterocycles. The van der Waals surface area contributed by atoms with Gasteiger partial charge in [-0.3, -0.25) is 6.08 Å². The van der Waals surface area contributed by atoms with Gasteiger partial charge in [0.25, 0.3) is 0 Å². The van der Waals surface area contributed by atoms with Crippen LogP contribution in [0.1, 0.15) is 71.9 Å². The van der Waals surface area contributed by atoms with Crippen molar-refractivity contribution in [1.82, 2.24) is 0 Å². The quantitative estimate of drug-likeness (QED) is 0.262. The summed E-state index contributed by atoms with van der Waals surface area (Å²) >= 11 is 1.69. The molecule has 0 spiro atoms. The number of allylic oxidation sites excluding steroid dienone is 4. The van der Waals surface area contributed by atoms with Crippen LogP contribution in [0, 0.1) is 12.1 Å². The van der Waals surface area contributed by atoms with E-state index >= 15 is 0 Å². The molecule has 7 rings (SSSR count). The van der Waals surface area contributed by atoms with Gasteiger partial charge in [-0.2, -0.15) is 35.4 Å². The van der Waals surface area contributed by atoms with Crippen molar-refractivity contribution in [3.63, 3.8) is 0 Å². The molecule has 0 aromatic heterocycles. The first kappa shape index (κ1) is 33.2. The Bertz CT molecular complexity index is 1330. The zero-order valence-corrected chi connectivity index (χ0v) is 27.5. The van der Waals surface area contributed by atoms with Gasteiger partial charge < -0.3 is 24.8 Å². The zero-order chi connectivity index (χ0) is 26.7. The van der Waals surface area contributed by atoms with Gasteiger partial charge in [-0.15, -0.1) is 12.0 Å². The topological polar surface area (TPSA) is 0 Å². The second-order valence-electron chi connectivity index (χ2n) is 10.6. The Morgan fingerprint density at radius 3 is 1.83 bits per heavy atom. The van der Waals surface area contributed by atoms with Crippen molar-refractivity contribution in [3.05, 3.63) is 155 Å². The summed E-state index contributed by atoms with van der Waals surface area (Å²) in [5.74, 6) is 0. The van der Waals surface area contributed by atoms with Crippen LogP contribution in [0.25, 0.3) is 11.1 Å². The molecule has 0 bridgehead atoms. The van der Waals surface area contributed by atoms with E-state index in [2.05, 4.69) is 109 Å². The molecule has 4 aromatic rings. The molecule has 0 unspecified atom stereocenters. The average molecular weight is 655 g/mol. The van der Waals surface area contributed by atoms with Gasteiger partial charge in [-0.25, -0.2) is 12.2 Å². The van der Waals surface area contributed by atoms with E-state index in [-0.39, 0.29) is 24.8 Å². The van der Waals surface area contributed by atoms with Crippen LogP contribution >= 0.6 is 0 Å². The smallest absolute Gasteiger partial charge is 0.00259 e. The van der Waals surface area contributed by atoms with Crippen LogP contribution in [0.15, 0.2) is 109 Å². The monoisotopic (exact) mass is 652 g/mol. The summed E-state index contributed by atoms with van der Waals surface area (Å²) < 4.78 is 1.80. The summed E-state index contributed by atoms with van der Waals surface area (Å²) in [5.41, 5.74) is 10.9. The Kier molecular flexibility index (Phi) is 14.3. The molecule has 0 atom stereocenters. The second-order valence-corrected chi connectivity index (χ2v) is 12.3. The van der Waals surface area contributed by atoms with E-state index in [0.717, 1.165) is 25.7 Å². The van der Waals surface area contributed by atoms with E-state index in [4.69, 9.17) is 0 Å². The number of hydrogen-bond acceptors (Lipinski definition) is 0. The third-order valence-corrected chi connectivity index (χ3v) is 8.69. The maximum atomic E-state index is 3.55. The number of halogens is 2. The Balaban J connectivity index is 0.000000275. The van der Waals surface area contributed by atoms with Crippen molar-refractivity contribution < 1.29 is 49.0 Å². The maximum Gasteiger partial charge on any atom is -0.00259 e. The standard InChI is InChI=1S/C27H21.C6H10.C5H5.2ClH.Zr/c1-3-7-20(8-4-1)15-22-11-13-24-19-25-14-12-23(18-27(25)26(24)17-22)16-21-9-5-2-6-10-21;1-2-4-6-5-3-1;1-2-4-5-3-1;;;/h1-13,17-18H,15-16,19H2;1-5H2;1-3H,4H2;2*1H;/q-1;;-1;;;+2/p-2. The molecule has 0 amide bonds. The van der Waals surface area contributed by atoms with E-state index in [1.165, 1.54) is 76.6 Å². The first-order valence-electron chi connectivity index (χ1n) is 14.3. The van der Waals surface area contributed by atoms with E-state index in [0.29, 0.717) is 0 Å². The first-order chi connectivity index (χ1) is 19.2. The molecule has 208 valence electrons. The average Bonchev–Trinajstić information content (AvgIpc) is 3.67. The molecular weight excluding hydrogens is 619 g/mol. The van der Waals surface area contributed by atoms with Crippen molar-refractivity contribution in [1.29, 1.82) is 0 Å². The fourth-order valence-corrected chi connectivity index (χ4v) is 6.24. The largest absolute Gasteiger partial charge is 0.179 e. The van der Waals surface area contributed by atoms with E-state index in [9.17, 15) is 0 Å². The van der Waals surface area contributed by atoms with Crippen molar-refractivity contribution in [2.45, 2.75) is 57.8 Å². The van der Waals surface area contributed by atoms with Crippen molar-refractivity contribution in [3.8, 4) is 11.1 Å². The minimum Gasteiger partial charge on any atom is -0.179 e. The third-order valence-electron chi connectivity index (χ3n) is 7.46. The maximum absolute atomic E-state index is 3.55. The summed E-state index contributed by atoms with van der Waals surface area (Å²) in [6.07, 6.45) is 20.3. The normalized spacial score (nSPS) is 13.9. The van der Waals surface area contributed by atoms with Crippen LogP contribution in [-0.2, 0) is 43.5 Å². The Morgan fingerprint density at radius 1 is 0.659 bits per heavy atom. The number of benzene rings is 4. The Labute approximate surface area is 274 Å². The van der Waals surface area contributed by atoms with Gasteiger partial charge in [0.05, 0.1) is 0 Å². The van der Waals surface area contributed by atoms with E-state index in [1.807, 2.05) is 12.2 Å². The van der Waals surface area contributed by atoms with E-state index in [1.54, 1.807) is 27.4 Å². The predicted molar refractivity (Wildman–Crippen MR) is 162 cm³/mol. The molecule has 0 saturated heterocycles. The minimum atomic E-state index is 0. The summed E-state index contributed by atoms with van der Waals surface area (Å²) in [6, 6.07) is 36.4.